The number of aromatic nitrogens is 1. The molecule has 0 aliphatic carbocycles. The van der Waals surface area contributed by atoms with Crippen molar-refractivity contribution < 1.29 is 33.8 Å². The van der Waals surface area contributed by atoms with Crippen LogP contribution in [0.4, 0.5) is 0 Å². The molecule has 12 nitrogen and oxygen atoms in total. The molecule has 1 aromatic heterocycles. The van der Waals surface area contributed by atoms with E-state index >= 15 is 0 Å². The van der Waals surface area contributed by atoms with Crippen LogP contribution in [0.1, 0.15) is 77.7 Å². The van der Waals surface area contributed by atoms with Crippen LogP contribution in [0.15, 0.2) is 42.6 Å². The van der Waals surface area contributed by atoms with Crippen LogP contribution in [0.25, 0.3) is 10.9 Å². The lowest BCUT2D eigenvalue weighted by molar-refractivity contribution is -0.396. The highest BCUT2D eigenvalue weighted by atomic mass is 17.3. The average Bonchev–Trinajstić information content (AvgIpc) is 3.42. The van der Waals surface area contributed by atoms with E-state index in [4.69, 9.17) is 14.6 Å². The van der Waals surface area contributed by atoms with Gasteiger partial charge in [0.15, 0.2) is 0 Å². The third-order valence-electron chi connectivity index (χ3n) is 9.54. The van der Waals surface area contributed by atoms with Crippen LogP contribution in [0.3, 0.4) is 0 Å². The summed E-state index contributed by atoms with van der Waals surface area (Å²) in [5.41, 5.74) is 1.41. The van der Waals surface area contributed by atoms with Crippen molar-refractivity contribution in [1.29, 1.82) is 0 Å². The van der Waals surface area contributed by atoms with Crippen LogP contribution in [-0.2, 0) is 35.2 Å². The van der Waals surface area contributed by atoms with Crippen molar-refractivity contribution in [3.63, 3.8) is 0 Å². The van der Waals surface area contributed by atoms with E-state index in [9.17, 15) is 19.2 Å². The smallest absolute Gasteiger partial charge is 0.246 e. The van der Waals surface area contributed by atoms with E-state index in [0.29, 0.717) is 49.7 Å². The molecule has 250 valence electrons. The van der Waals surface area contributed by atoms with E-state index in [1.54, 1.807) is 24.1 Å². The Hall–Kier alpha value is -3.90. The second kappa shape index (κ2) is 14.7. The maximum atomic E-state index is 14.1. The Balaban J connectivity index is 1.57. The first kappa shape index (κ1) is 33.5. The standard InChI is InChI=1S/C34H47N5O7/c1-5-22(2)29-33(43)38-19-13-11-17-28(38)32(42)35-25-15-8-6-7-12-18-34(3,44-4)45-46-39-21-23(24-14-9-10-16-27(24)39)20-26(31(41)37-29)36-30(25)40/h9-10,12,14,16,18,21-22,25-26,28-29H,5-8,11,13,15,17,19-20H2,1-4H3,(H,35,42)(H,36,40)(H,37,41)/b18-12+/t22?,25-,26-,28+,29-,34?/m0/s1. The SMILES string of the molecule is CCC(C)[C@@H]1NC(=O)[C@@H]2Cc3cn(c4ccccc34)OOC(C)(OC)/C=C/CCCC[C@H](NC(=O)[C@H]3CCCCN3C1=O)C(=O)N2. The zero-order valence-corrected chi connectivity index (χ0v) is 27.3. The lowest BCUT2D eigenvalue weighted by atomic mass is 9.93. The maximum absolute atomic E-state index is 14.1. The normalized spacial score (nSPS) is 30.0. The van der Waals surface area contributed by atoms with Crippen molar-refractivity contribution in [3.8, 4) is 0 Å². The van der Waals surface area contributed by atoms with Crippen molar-refractivity contribution in [2.75, 3.05) is 13.7 Å². The Morgan fingerprint density at radius 1 is 0.978 bits per heavy atom. The molecular weight excluding hydrogens is 590 g/mol. The predicted octanol–water partition coefficient (Wildman–Crippen LogP) is 2.93. The van der Waals surface area contributed by atoms with Crippen LogP contribution in [0.5, 0.6) is 0 Å². The zero-order valence-electron chi connectivity index (χ0n) is 27.3. The van der Waals surface area contributed by atoms with Gasteiger partial charge in [0.05, 0.1) is 11.7 Å². The van der Waals surface area contributed by atoms with Crippen LogP contribution >= 0.6 is 0 Å². The van der Waals surface area contributed by atoms with Crippen molar-refractivity contribution >= 4 is 34.5 Å². The zero-order chi connectivity index (χ0) is 32.8. The number of fused-ring (bicyclic) bond motifs is 9. The molecule has 0 spiro atoms. The Kier molecular flexibility index (Phi) is 10.7. The van der Waals surface area contributed by atoms with Gasteiger partial charge in [-0.3, -0.25) is 19.2 Å². The van der Waals surface area contributed by atoms with Gasteiger partial charge in [-0.05, 0) is 69.1 Å². The van der Waals surface area contributed by atoms with Crippen molar-refractivity contribution in [2.24, 2.45) is 5.92 Å². The van der Waals surface area contributed by atoms with E-state index < -0.39 is 41.8 Å². The van der Waals surface area contributed by atoms with Crippen LogP contribution in [0.2, 0.25) is 0 Å². The van der Waals surface area contributed by atoms with Gasteiger partial charge in [0, 0.05) is 25.5 Å². The second-order valence-electron chi connectivity index (χ2n) is 12.8. The van der Waals surface area contributed by atoms with Crippen LogP contribution in [0, 0.1) is 5.92 Å². The monoisotopic (exact) mass is 637 g/mol. The molecule has 3 aliphatic rings. The fraction of sp³-hybridized carbons (Fsp3) is 0.588. The predicted molar refractivity (Wildman–Crippen MR) is 171 cm³/mol. The lowest BCUT2D eigenvalue weighted by Gasteiger charge is -2.39. The van der Waals surface area contributed by atoms with Gasteiger partial charge < -0.3 is 25.6 Å². The summed E-state index contributed by atoms with van der Waals surface area (Å²) in [5.74, 6) is -2.86. The molecule has 12 heteroatoms. The first-order valence-electron chi connectivity index (χ1n) is 16.5. The number of benzene rings is 1. The highest BCUT2D eigenvalue weighted by molar-refractivity contribution is 5.98. The number of rotatable bonds is 3. The molecule has 6 atom stereocenters. The third kappa shape index (κ3) is 7.39. The largest absolute Gasteiger partial charge is 0.347 e. The van der Waals surface area contributed by atoms with Gasteiger partial charge in [-0.1, -0.05) is 51.0 Å². The molecule has 2 saturated heterocycles. The van der Waals surface area contributed by atoms with Crippen LogP contribution < -0.4 is 20.9 Å². The Labute approximate surface area is 270 Å². The summed E-state index contributed by atoms with van der Waals surface area (Å²) in [7, 11) is 1.53. The number of nitrogens with one attached hydrogen (secondary N) is 3. The van der Waals surface area contributed by atoms with Crippen molar-refractivity contribution in [2.45, 2.75) is 109 Å². The molecular formula is C34H47N5O7. The summed E-state index contributed by atoms with van der Waals surface area (Å²) in [5, 5.41) is 9.70. The summed E-state index contributed by atoms with van der Waals surface area (Å²) >= 11 is 0. The molecule has 4 amide bonds. The summed E-state index contributed by atoms with van der Waals surface area (Å²) < 4.78 is 7.06. The molecule has 4 bridgehead atoms. The van der Waals surface area contributed by atoms with Crippen LogP contribution in [-0.4, -0.2) is 76.9 Å². The number of amides is 4. The van der Waals surface area contributed by atoms with Gasteiger partial charge in [-0.25, -0.2) is 4.99 Å². The number of ether oxygens (including phenoxy) is 1. The summed E-state index contributed by atoms with van der Waals surface area (Å²) in [6.07, 6.45) is 10.7. The van der Waals surface area contributed by atoms with E-state index in [0.717, 1.165) is 24.6 Å². The number of methoxy groups -OCH3 is 1. The minimum atomic E-state index is -1.17. The quantitative estimate of drug-likeness (QED) is 0.347. The fourth-order valence-corrected chi connectivity index (χ4v) is 6.42. The minimum absolute atomic E-state index is 0.102. The molecule has 4 heterocycles. The average molecular weight is 638 g/mol. The number of allylic oxidation sites excluding steroid dienone is 1. The number of hydrogen-bond donors (Lipinski definition) is 3. The van der Waals surface area contributed by atoms with Gasteiger partial charge >= 0.3 is 0 Å². The topological polar surface area (TPSA) is 140 Å². The first-order valence-corrected chi connectivity index (χ1v) is 16.5. The van der Waals surface area contributed by atoms with Gasteiger partial charge in [0.25, 0.3) is 0 Å². The number of para-hydroxylation sites is 1. The molecule has 3 aliphatic heterocycles. The first-order chi connectivity index (χ1) is 22.1. The number of carbonyl (C=O) groups excluding carboxylic acids is 4. The minimum Gasteiger partial charge on any atom is -0.347 e. The maximum Gasteiger partial charge on any atom is 0.246 e. The van der Waals surface area contributed by atoms with Gasteiger partial charge in [-0.2, -0.15) is 4.73 Å². The Morgan fingerprint density at radius 3 is 2.50 bits per heavy atom. The number of carbonyl (C=O) groups is 4. The molecule has 0 saturated carbocycles. The molecule has 46 heavy (non-hydrogen) atoms. The Bertz CT molecular complexity index is 1460. The highest BCUT2D eigenvalue weighted by Gasteiger charge is 2.41. The fourth-order valence-electron chi connectivity index (χ4n) is 6.42. The molecule has 2 aromatic rings. The Morgan fingerprint density at radius 2 is 1.72 bits per heavy atom. The highest BCUT2D eigenvalue weighted by Crippen LogP contribution is 2.25. The van der Waals surface area contributed by atoms with Crippen molar-refractivity contribution in [1.82, 2.24) is 25.6 Å². The molecule has 2 unspecified atom stereocenters. The van der Waals surface area contributed by atoms with Crippen molar-refractivity contribution in [3.05, 3.63) is 48.2 Å². The third-order valence-corrected chi connectivity index (χ3v) is 9.54. The molecule has 2 fully saturated rings. The number of hydrogen-bond acceptors (Lipinski definition) is 7. The van der Waals surface area contributed by atoms with E-state index in [1.165, 1.54) is 11.8 Å². The van der Waals surface area contributed by atoms with Gasteiger partial charge in [0.2, 0.25) is 29.4 Å². The summed E-state index contributed by atoms with van der Waals surface area (Å²) in [6, 6.07) is 4.05. The summed E-state index contributed by atoms with van der Waals surface area (Å²) in [6.45, 7) is 6.04. The van der Waals surface area contributed by atoms with E-state index in [-0.39, 0.29) is 24.2 Å². The van der Waals surface area contributed by atoms with Gasteiger partial charge in [-0.15, -0.1) is 4.89 Å². The van der Waals surface area contributed by atoms with E-state index in [2.05, 4.69) is 16.0 Å². The summed E-state index contributed by atoms with van der Waals surface area (Å²) in [4.78, 5) is 69.0. The molecule has 0 radical (unpaired) electrons. The molecule has 1 aromatic carbocycles. The second-order valence-corrected chi connectivity index (χ2v) is 12.8. The lowest BCUT2D eigenvalue weighted by Crippen LogP contribution is -2.64. The van der Waals surface area contributed by atoms with E-state index in [1.807, 2.05) is 44.2 Å². The number of piperidine rings is 1. The molecule has 3 N–H and O–H groups in total. The van der Waals surface area contributed by atoms with Gasteiger partial charge in [0.1, 0.15) is 24.2 Å². The number of nitrogens with zero attached hydrogens (tertiary/aromatic N) is 2. The molecule has 5 rings (SSSR count).